The highest BCUT2D eigenvalue weighted by molar-refractivity contribution is 5.77. The molecule has 1 aliphatic carbocycles. The summed E-state index contributed by atoms with van der Waals surface area (Å²) in [6.45, 7) is 0. The van der Waals surface area contributed by atoms with Crippen LogP contribution in [0.1, 0.15) is 12.8 Å². The molecule has 0 radical (unpaired) electrons. The first kappa shape index (κ1) is 8.10. The number of hydrogen-bond donors (Lipinski definition) is 0. The Balaban J connectivity index is 2.15. The Kier molecular flexibility index (Phi) is 1.92. The van der Waals surface area contributed by atoms with Crippen molar-refractivity contribution in [3.05, 3.63) is 12.2 Å². The second kappa shape index (κ2) is 3.08. The van der Waals surface area contributed by atoms with Gasteiger partial charge in [-0.3, -0.25) is 0 Å². The van der Waals surface area contributed by atoms with Crippen molar-refractivity contribution in [2.75, 3.05) is 0 Å². The van der Waals surface area contributed by atoms with Gasteiger partial charge in [-0.25, -0.2) is 9.59 Å². The number of carbonyl (C=O) groups excluding carboxylic acids is 2. The largest absolute Gasteiger partial charge is 0.519 e. The fourth-order valence-corrected chi connectivity index (χ4v) is 1.38. The third kappa shape index (κ3) is 1.63. The summed E-state index contributed by atoms with van der Waals surface area (Å²) in [4.78, 5) is 21.6. The number of rotatable bonds is 0. The standard InChI is InChI=1S/C8H8O5/c9-7-11-5-3-1-2-4-6(5)12-8(10)13-7/h1-2,5-6H,3-4H2/t5-,6-/m1/s1. The zero-order valence-electron chi connectivity index (χ0n) is 6.76. The van der Waals surface area contributed by atoms with E-state index >= 15 is 0 Å². The quantitative estimate of drug-likeness (QED) is 0.323. The molecule has 2 aliphatic rings. The van der Waals surface area contributed by atoms with Gasteiger partial charge in [0.25, 0.3) is 0 Å². The molecule has 5 heteroatoms. The average molecular weight is 184 g/mol. The maximum Gasteiger partial charge on any atom is 0.519 e. The van der Waals surface area contributed by atoms with Crippen molar-refractivity contribution in [1.29, 1.82) is 0 Å². The maximum atomic E-state index is 10.8. The normalized spacial score (nSPS) is 32.3. The predicted molar refractivity (Wildman–Crippen MR) is 40.0 cm³/mol. The van der Waals surface area contributed by atoms with Gasteiger partial charge in [0.1, 0.15) is 12.2 Å². The number of hydrogen-bond acceptors (Lipinski definition) is 5. The van der Waals surface area contributed by atoms with Crippen molar-refractivity contribution in [2.45, 2.75) is 25.0 Å². The maximum absolute atomic E-state index is 10.8. The summed E-state index contributed by atoms with van der Waals surface area (Å²) in [5, 5.41) is 0. The third-order valence-electron chi connectivity index (χ3n) is 1.98. The van der Waals surface area contributed by atoms with Crippen molar-refractivity contribution >= 4 is 12.3 Å². The lowest BCUT2D eigenvalue weighted by atomic mass is 10.0. The Morgan fingerprint density at radius 2 is 1.46 bits per heavy atom. The molecule has 0 aromatic carbocycles. The van der Waals surface area contributed by atoms with E-state index in [-0.39, 0.29) is 0 Å². The first-order valence-corrected chi connectivity index (χ1v) is 4.00. The smallest absolute Gasteiger partial charge is 0.426 e. The Bertz CT molecular complexity index is 244. The molecular formula is C8H8O5. The van der Waals surface area contributed by atoms with Crippen LogP contribution in [-0.4, -0.2) is 24.5 Å². The number of ether oxygens (including phenoxy) is 3. The minimum absolute atomic E-state index is 0.399. The molecule has 0 unspecified atom stereocenters. The Morgan fingerprint density at radius 3 is 1.92 bits per heavy atom. The van der Waals surface area contributed by atoms with Crippen LogP contribution in [0, 0.1) is 0 Å². The van der Waals surface area contributed by atoms with Gasteiger partial charge in [-0.1, -0.05) is 12.2 Å². The van der Waals surface area contributed by atoms with E-state index in [9.17, 15) is 9.59 Å². The van der Waals surface area contributed by atoms with Gasteiger partial charge in [0, 0.05) is 12.8 Å². The van der Waals surface area contributed by atoms with Crippen LogP contribution >= 0.6 is 0 Å². The van der Waals surface area contributed by atoms with E-state index in [0.717, 1.165) is 0 Å². The van der Waals surface area contributed by atoms with Crippen LogP contribution in [0.15, 0.2) is 12.2 Å². The lowest BCUT2D eigenvalue weighted by Gasteiger charge is -2.22. The van der Waals surface area contributed by atoms with E-state index in [4.69, 9.17) is 9.47 Å². The van der Waals surface area contributed by atoms with Crippen molar-refractivity contribution in [3.63, 3.8) is 0 Å². The van der Waals surface area contributed by atoms with Crippen molar-refractivity contribution in [3.8, 4) is 0 Å². The molecule has 2 atom stereocenters. The zero-order valence-corrected chi connectivity index (χ0v) is 6.76. The summed E-state index contributed by atoms with van der Waals surface area (Å²) >= 11 is 0. The third-order valence-corrected chi connectivity index (χ3v) is 1.98. The van der Waals surface area contributed by atoms with Crippen molar-refractivity contribution in [2.24, 2.45) is 0 Å². The molecule has 1 aliphatic heterocycles. The van der Waals surface area contributed by atoms with Gasteiger partial charge in [-0.05, 0) is 0 Å². The number of carbonyl (C=O) groups is 2. The van der Waals surface area contributed by atoms with E-state index in [1.807, 2.05) is 12.2 Å². The van der Waals surface area contributed by atoms with Crippen molar-refractivity contribution < 1.29 is 23.8 Å². The van der Waals surface area contributed by atoms with Crippen molar-refractivity contribution in [1.82, 2.24) is 0 Å². The minimum atomic E-state index is -0.979. The SMILES string of the molecule is O=C1OC(=O)O[C@@H]2CC=CC[C@H]2O1. The van der Waals surface area contributed by atoms with Gasteiger partial charge < -0.3 is 14.2 Å². The molecule has 0 aromatic rings. The van der Waals surface area contributed by atoms with Gasteiger partial charge >= 0.3 is 12.3 Å². The lowest BCUT2D eigenvalue weighted by Crippen LogP contribution is -2.32. The summed E-state index contributed by atoms with van der Waals surface area (Å²) in [5.41, 5.74) is 0. The van der Waals surface area contributed by atoms with E-state index in [1.165, 1.54) is 0 Å². The molecule has 2 rings (SSSR count). The molecular weight excluding hydrogens is 176 g/mol. The zero-order chi connectivity index (χ0) is 9.26. The molecule has 0 saturated carbocycles. The summed E-state index contributed by atoms with van der Waals surface area (Å²) in [7, 11) is 0. The molecule has 70 valence electrons. The molecule has 1 fully saturated rings. The highest BCUT2D eigenvalue weighted by Gasteiger charge is 2.34. The second-order valence-corrected chi connectivity index (χ2v) is 2.86. The van der Waals surface area contributed by atoms with Gasteiger partial charge in [-0.15, -0.1) is 0 Å². The first-order valence-electron chi connectivity index (χ1n) is 4.00. The fourth-order valence-electron chi connectivity index (χ4n) is 1.38. The van der Waals surface area contributed by atoms with Gasteiger partial charge in [-0.2, -0.15) is 0 Å². The van der Waals surface area contributed by atoms with E-state index in [1.54, 1.807) is 0 Å². The Labute approximate surface area is 74.3 Å². The summed E-state index contributed by atoms with van der Waals surface area (Å²) in [6.07, 6.45) is 2.13. The highest BCUT2D eigenvalue weighted by Crippen LogP contribution is 2.22. The van der Waals surface area contributed by atoms with Crippen LogP contribution in [0.3, 0.4) is 0 Å². The lowest BCUT2D eigenvalue weighted by molar-refractivity contribution is 0.0130. The minimum Gasteiger partial charge on any atom is -0.426 e. The van der Waals surface area contributed by atoms with E-state index in [2.05, 4.69) is 4.74 Å². The van der Waals surface area contributed by atoms with Crippen LogP contribution in [0.5, 0.6) is 0 Å². The molecule has 5 nitrogen and oxygen atoms in total. The molecule has 1 saturated heterocycles. The molecule has 0 amide bonds. The van der Waals surface area contributed by atoms with Crippen LogP contribution in [0.25, 0.3) is 0 Å². The molecule has 0 N–H and O–H groups in total. The highest BCUT2D eigenvalue weighted by atomic mass is 16.8. The summed E-state index contributed by atoms with van der Waals surface area (Å²) in [5.74, 6) is 0. The molecule has 1 heterocycles. The summed E-state index contributed by atoms with van der Waals surface area (Å²) in [6, 6.07) is 0. The molecule has 0 spiro atoms. The second-order valence-electron chi connectivity index (χ2n) is 2.86. The molecule has 13 heavy (non-hydrogen) atoms. The summed E-state index contributed by atoms with van der Waals surface area (Å²) < 4.78 is 13.8. The number of cyclic esters (lactones) is 2. The fraction of sp³-hybridized carbons (Fsp3) is 0.500. The van der Waals surface area contributed by atoms with Gasteiger partial charge in [0.2, 0.25) is 0 Å². The van der Waals surface area contributed by atoms with E-state index < -0.39 is 24.5 Å². The van der Waals surface area contributed by atoms with E-state index in [0.29, 0.717) is 12.8 Å². The molecule has 0 bridgehead atoms. The topological polar surface area (TPSA) is 61.8 Å². The predicted octanol–water partition coefficient (Wildman–Crippen LogP) is 1.38. The van der Waals surface area contributed by atoms with Gasteiger partial charge in [0.05, 0.1) is 0 Å². The monoisotopic (exact) mass is 184 g/mol. The molecule has 0 aromatic heterocycles. The van der Waals surface area contributed by atoms with Crippen LogP contribution in [-0.2, 0) is 14.2 Å². The number of fused-ring (bicyclic) bond motifs is 1. The Hall–Kier alpha value is -1.52. The van der Waals surface area contributed by atoms with Crippen LogP contribution in [0.4, 0.5) is 9.59 Å². The van der Waals surface area contributed by atoms with Gasteiger partial charge in [0.15, 0.2) is 0 Å². The average Bonchev–Trinajstić information content (AvgIpc) is 2.20. The Morgan fingerprint density at radius 1 is 1.00 bits per heavy atom. The van der Waals surface area contributed by atoms with Crippen LogP contribution < -0.4 is 0 Å². The first-order chi connectivity index (χ1) is 6.25. The van der Waals surface area contributed by atoms with Crippen LogP contribution in [0.2, 0.25) is 0 Å².